The van der Waals surface area contributed by atoms with E-state index in [1.807, 2.05) is 6.92 Å². The second-order valence-electron chi connectivity index (χ2n) is 5.12. The lowest BCUT2D eigenvalue weighted by Gasteiger charge is -2.26. The first kappa shape index (κ1) is 11.6. The van der Waals surface area contributed by atoms with E-state index in [1.54, 1.807) is 6.20 Å². The quantitative estimate of drug-likeness (QED) is 0.851. The molecule has 1 aromatic rings. The Morgan fingerprint density at radius 3 is 2.75 bits per heavy atom. The molecule has 2 rings (SSSR count). The van der Waals surface area contributed by atoms with Crippen LogP contribution in [0.1, 0.15) is 44.3 Å². The Morgan fingerprint density at radius 2 is 2.12 bits per heavy atom. The van der Waals surface area contributed by atoms with Crippen molar-refractivity contribution in [2.24, 2.45) is 11.8 Å². The van der Waals surface area contributed by atoms with E-state index in [4.69, 9.17) is 4.42 Å². The van der Waals surface area contributed by atoms with E-state index in [-0.39, 0.29) is 0 Å². The molecule has 1 aromatic heterocycles. The van der Waals surface area contributed by atoms with Gasteiger partial charge >= 0.3 is 0 Å². The van der Waals surface area contributed by atoms with Gasteiger partial charge in [-0.3, -0.25) is 0 Å². The number of rotatable bonds is 4. The average molecular weight is 222 g/mol. The summed E-state index contributed by atoms with van der Waals surface area (Å²) >= 11 is 0. The minimum Gasteiger partial charge on any atom is -0.445 e. The van der Waals surface area contributed by atoms with E-state index in [1.165, 1.54) is 25.7 Å². The molecule has 1 aliphatic rings. The van der Waals surface area contributed by atoms with Gasteiger partial charge in [-0.2, -0.15) is 0 Å². The van der Waals surface area contributed by atoms with Crippen LogP contribution >= 0.6 is 0 Å². The highest BCUT2D eigenvalue weighted by Crippen LogP contribution is 2.27. The van der Waals surface area contributed by atoms with Gasteiger partial charge in [0.15, 0.2) is 0 Å². The van der Waals surface area contributed by atoms with Crippen molar-refractivity contribution in [3.63, 3.8) is 0 Å². The van der Waals surface area contributed by atoms with Crippen LogP contribution in [0.4, 0.5) is 0 Å². The lowest BCUT2D eigenvalue weighted by Crippen LogP contribution is -2.25. The molecule has 0 atom stereocenters. The molecule has 0 saturated heterocycles. The van der Waals surface area contributed by atoms with Crippen molar-refractivity contribution in [2.45, 2.75) is 46.1 Å². The van der Waals surface area contributed by atoms with Crippen molar-refractivity contribution in [1.29, 1.82) is 0 Å². The summed E-state index contributed by atoms with van der Waals surface area (Å²) in [6.07, 6.45) is 7.31. The van der Waals surface area contributed by atoms with Crippen molar-refractivity contribution in [1.82, 2.24) is 10.3 Å². The molecule has 0 spiro atoms. The van der Waals surface area contributed by atoms with Crippen molar-refractivity contribution >= 4 is 0 Å². The average Bonchev–Trinajstić information content (AvgIpc) is 2.67. The molecule has 3 heteroatoms. The number of aryl methyl sites for hydroxylation is 1. The van der Waals surface area contributed by atoms with Crippen molar-refractivity contribution in [3.05, 3.63) is 17.8 Å². The summed E-state index contributed by atoms with van der Waals surface area (Å²) in [5.74, 6) is 3.49. The fourth-order valence-corrected chi connectivity index (χ4v) is 2.40. The largest absolute Gasteiger partial charge is 0.445 e. The molecule has 0 bridgehead atoms. The molecule has 0 amide bonds. The number of hydrogen-bond donors (Lipinski definition) is 1. The van der Waals surface area contributed by atoms with Gasteiger partial charge in [-0.15, -0.1) is 0 Å². The van der Waals surface area contributed by atoms with Crippen molar-refractivity contribution in [2.75, 3.05) is 6.54 Å². The number of oxazole rings is 1. The minimum atomic E-state index is 0.764. The van der Waals surface area contributed by atoms with Gasteiger partial charge in [-0.05, 0) is 38.1 Å². The Hall–Kier alpha value is -0.830. The van der Waals surface area contributed by atoms with Gasteiger partial charge in [0.1, 0.15) is 5.76 Å². The predicted octanol–water partition coefficient (Wildman–Crippen LogP) is 2.90. The second-order valence-corrected chi connectivity index (χ2v) is 5.12. The zero-order valence-corrected chi connectivity index (χ0v) is 10.3. The molecular weight excluding hydrogens is 200 g/mol. The lowest BCUT2D eigenvalue weighted by atomic mass is 9.83. The highest BCUT2D eigenvalue weighted by Gasteiger charge is 2.17. The number of nitrogens with zero attached hydrogens (tertiary/aromatic N) is 1. The van der Waals surface area contributed by atoms with Crippen molar-refractivity contribution in [3.8, 4) is 0 Å². The SMILES string of the molecule is Cc1cnc(CNCC2CCC(C)CC2)o1. The van der Waals surface area contributed by atoms with E-state index in [2.05, 4.69) is 17.2 Å². The molecule has 0 aromatic carbocycles. The molecule has 1 saturated carbocycles. The number of nitrogens with one attached hydrogen (secondary N) is 1. The van der Waals surface area contributed by atoms with Crippen LogP contribution in [0.5, 0.6) is 0 Å². The number of hydrogen-bond acceptors (Lipinski definition) is 3. The Morgan fingerprint density at radius 1 is 1.38 bits per heavy atom. The molecule has 3 nitrogen and oxygen atoms in total. The summed E-state index contributed by atoms with van der Waals surface area (Å²) in [7, 11) is 0. The first-order valence-electron chi connectivity index (χ1n) is 6.36. The first-order valence-corrected chi connectivity index (χ1v) is 6.36. The monoisotopic (exact) mass is 222 g/mol. The van der Waals surface area contributed by atoms with Gasteiger partial charge < -0.3 is 9.73 Å². The van der Waals surface area contributed by atoms with Crippen LogP contribution in [0.2, 0.25) is 0 Å². The highest BCUT2D eigenvalue weighted by atomic mass is 16.4. The summed E-state index contributed by atoms with van der Waals surface area (Å²) < 4.78 is 5.42. The van der Waals surface area contributed by atoms with Crippen LogP contribution in [0, 0.1) is 18.8 Å². The third kappa shape index (κ3) is 3.34. The highest BCUT2D eigenvalue weighted by molar-refractivity contribution is 4.90. The van der Waals surface area contributed by atoms with Gasteiger partial charge in [-0.1, -0.05) is 19.8 Å². The maximum atomic E-state index is 5.42. The molecule has 0 radical (unpaired) electrons. The summed E-state index contributed by atoms with van der Waals surface area (Å²) in [5.41, 5.74) is 0. The zero-order chi connectivity index (χ0) is 11.4. The lowest BCUT2D eigenvalue weighted by molar-refractivity contribution is 0.278. The van der Waals surface area contributed by atoms with E-state index >= 15 is 0 Å². The van der Waals surface area contributed by atoms with E-state index in [9.17, 15) is 0 Å². The van der Waals surface area contributed by atoms with Gasteiger partial charge in [0.25, 0.3) is 0 Å². The van der Waals surface area contributed by atoms with Gasteiger partial charge in [0.2, 0.25) is 5.89 Å². The molecule has 16 heavy (non-hydrogen) atoms. The molecule has 90 valence electrons. The molecule has 1 aliphatic carbocycles. The molecule has 0 unspecified atom stereocenters. The molecular formula is C13H22N2O. The fourth-order valence-electron chi connectivity index (χ4n) is 2.40. The Kier molecular flexibility index (Phi) is 3.99. The first-order chi connectivity index (χ1) is 7.74. The fraction of sp³-hybridized carbons (Fsp3) is 0.769. The molecule has 0 aliphatic heterocycles. The summed E-state index contributed by atoms with van der Waals surface area (Å²) in [6.45, 7) is 6.16. The van der Waals surface area contributed by atoms with Crippen LogP contribution in [0.15, 0.2) is 10.6 Å². The summed E-state index contributed by atoms with van der Waals surface area (Å²) in [5, 5.41) is 3.44. The topological polar surface area (TPSA) is 38.1 Å². The summed E-state index contributed by atoms with van der Waals surface area (Å²) in [4.78, 5) is 4.18. The smallest absolute Gasteiger partial charge is 0.208 e. The Bertz CT molecular complexity index is 313. The van der Waals surface area contributed by atoms with Crippen LogP contribution in [0.25, 0.3) is 0 Å². The predicted molar refractivity (Wildman–Crippen MR) is 64.1 cm³/mol. The normalized spacial score (nSPS) is 25.9. The van der Waals surface area contributed by atoms with Gasteiger partial charge in [0.05, 0.1) is 12.7 Å². The maximum Gasteiger partial charge on any atom is 0.208 e. The van der Waals surface area contributed by atoms with Gasteiger partial charge in [0, 0.05) is 0 Å². The van der Waals surface area contributed by atoms with Crippen LogP contribution < -0.4 is 5.32 Å². The minimum absolute atomic E-state index is 0.764. The van der Waals surface area contributed by atoms with Crippen LogP contribution in [-0.4, -0.2) is 11.5 Å². The third-order valence-electron chi connectivity index (χ3n) is 3.51. The van der Waals surface area contributed by atoms with E-state index in [0.717, 1.165) is 36.6 Å². The molecule has 1 fully saturated rings. The Balaban J connectivity index is 1.64. The Labute approximate surface area is 97.6 Å². The standard InChI is InChI=1S/C13H22N2O/c1-10-3-5-12(6-4-10)8-14-9-13-15-7-11(2)16-13/h7,10,12,14H,3-6,8-9H2,1-2H3. The van der Waals surface area contributed by atoms with Crippen LogP contribution in [-0.2, 0) is 6.54 Å². The number of aromatic nitrogens is 1. The van der Waals surface area contributed by atoms with Crippen molar-refractivity contribution < 1.29 is 4.42 Å². The summed E-state index contributed by atoms with van der Waals surface area (Å²) in [6, 6.07) is 0. The molecule has 1 N–H and O–H groups in total. The van der Waals surface area contributed by atoms with E-state index < -0.39 is 0 Å². The van der Waals surface area contributed by atoms with Gasteiger partial charge in [-0.25, -0.2) is 4.98 Å². The van der Waals surface area contributed by atoms with E-state index in [0.29, 0.717) is 0 Å². The third-order valence-corrected chi connectivity index (χ3v) is 3.51. The maximum absolute atomic E-state index is 5.42. The van der Waals surface area contributed by atoms with Crippen LogP contribution in [0.3, 0.4) is 0 Å². The zero-order valence-electron chi connectivity index (χ0n) is 10.3. The molecule has 1 heterocycles. The second kappa shape index (κ2) is 5.48.